The van der Waals surface area contributed by atoms with Crippen molar-refractivity contribution in [1.29, 1.82) is 0 Å². The topological polar surface area (TPSA) is 83.6 Å². The van der Waals surface area contributed by atoms with E-state index in [1.807, 2.05) is 12.3 Å². The summed E-state index contributed by atoms with van der Waals surface area (Å²) in [5.41, 5.74) is 0.634. The van der Waals surface area contributed by atoms with Crippen LogP contribution in [-0.4, -0.2) is 55.8 Å². The van der Waals surface area contributed by atoms with Gasteiger partial charge in [-0.3, -0.25) is 9.59 Å². The molecule has 2 amide bonds. The second-order valence-corrected chi connectivity index (χ2v) is 9.02. The van der Waals surface area contributed by atoms with Crippen LogP contribution in [0.15, 0.2) is 16.8 Å². The molecule has 1 N–H and O–H groups in total. The van der Waals surface area contributed by atoms with Crippen molar-refractivity contribution in [2.24, 2.45) is 0 Å². The molecule has 1 atom stereocenters. The minimum atomic E-state index is -3.00. The minimum Gasteiger partial charge on any atom is -0.352 e. The Hall–Kier alpha value is -1.41. The summed E-state index contributed by atoms with van der Waals surface area (Å²) in [5.74, 6) is 0.0925. The Balaban J connectivity index is 1.77. The van der Waals surface area contributed by atoms with Gasteiger partial charge in [-0.2, -0.15) is 11.3 Å². The first kappa shape index (κ1) is 18.9. The predicted molar refractivity (Wildman–Crippen MR) is 94.9 cm³/mol. The van der Waals surface area contributed by atoms with Gasteiger partial charge in [0.05, 0.1) is 11.5 Å². The SMILES string of the molecule is CCCN(C(=O)CCCNC(=O)c1ccsc1)C1CCS(=O)(=O)C1. The number of hydrogen-bond acceptors (Lipinski definition) is 5. The first-order valence-electron chi connectivity index (χ1n) is 8.23. The maximum atomic E-state index is 12.4. The van der Waals surface area contributed by atoms with Crippen molar-refractivity contribution in [2.75, 3.05) is 24.6 Å². The van der Waals surface area contributed by atoms with Gasteiger partial charge in [0.2, 0.25) is 5.91 Å². The molecule has 1 saturated heterocycles. The second-order valence-electron chi connectivity index (χ2n) is 6.02. The summed E-state index contributed by atoms with van der Waals surface area (Å²) >= 11 is 1.46. The number of carbonyl (C=O) groups excluding carboxylic acids is 2. The summed E-state index contributed by atoms with van der Waals surface area (Å²) in [6.07, 6.45) is 2.20. The van der Waals surface area contributed by atoms with Crippen LogP contribution in [0.25, 0.3) is 0 Å². The van der Waals surface area contributed by atoms with Crippen molar-refractivity contribution < 1.29 is 18.0 Å². The fraction of sp³-hybridized carbons (Fsp3) is 0.625. The van der Waals surface area contributed by atoms with Gasteiger partial charge in [0.25, 0.3) is 5.91 Å². The van der Waals surface area contributed by atoms with Gasteiger partial charge >= 0.3 is 0 Å². The summed E-state index contributed by atoms with van der Waals surface area (Å²) < 4.78 is 23.3. The van der Waals surface area contributed by atoms with Crippen LogP contribution < -0.4 is 5.32 Å². The largest absolute Gasteiger partial charge is 0.352 e. The molecule has 0 aromatic carbocycles. The molecule has 2 heterocycles. The highest BCUT2D eigenvalue weighted by Crippen LogP contribution is 2.19. The van der Waals surface area contributed by atoms with Crippen LogP contribution in [0.3, 0.4) is 0 Å². The van der Waals surface area contributed by atoms with Gasteiger partial charge in [0, 0.05) is 36.5 Å². The number of thiophene rings is 1. The molecular weight excluding hydrogens is 348 g/mol. The van der Waals surface area contributed by atoms with Crippen molar-refractivity contribution in [2.45, 2.75) is 38.6 Å². The van der Waals surface area contributed by atoms with E-state index in [0.29, 0.717) is 37.9 Å². The van der Waals surface area contributed by atoms with Gasteiger partial charge in [0.1, 0.15) is 0 Å². The van der Waals surface area contributed by atoms with Gasteiger partial charge in [-0.1, -0.05) is 6.92 Å². The average molecular weight is 373 g/mol. The molecule has 1 aliphatic heterocycles. The summed E-state index contributed by atoms with van der Waals surface area (Å²) in [6, 6.07) is 1.57. The minimum absolute atomic E-state index is 0.0243. The van der Waals surface area contributed by atoms with Crippen LogP contribution in [0.2, 0.25) is 0 Å². The molecule has 24 heavy (non-hydrogen) atoms. The number of sulfone groups is 1. The van der Waals surface area contributed by atoms with E-state index in [1.165, 1.54) is 11.3 Å². The molecule has 0 saturated carbocycles. The van der Waals surface area contributed by atoms with Gasteiger partial charge in [-0.15, -0.1) is 0 Å². The van der Waals surface area contributed by atoms with E-state index in [0.717, 1.165) is 6.42 Å². The number of nitrogens with zero attached hydrogens (tertiary/aromatic N) is 1. The molecule has 6 nitrogen and oxygen atoms in total. The third-order valence-electron chi connectivity index (χ3n) is 4.07. The second kappa shape index (κ2) is 8.62. The van der Waals surface area contributed by atoms with Gasteiger partial charge < -0.3 is 10.2 Å². The zero-order valence-corrected chi connectivity index (χ0v) is 15.5. The third kappa shape index (κ3) is 5.31. The van der Waals surface area contributed by atoms with Crippen LogP contribution in [0.4, 0.5) is 0 Å². The zero-order chi connectivity index (χ0) is 17.6. The van der Waals surface area contributed by atoms with Crippen LogP contribution in [-0.2, 0) is 14.6 Å². The van der Waals surface area contributed by atoms with Crippen molar-refractivity contribution >= 4 is 33.0 Å². The Morgan fingerprint density at radius 2 is 2.21 bits per heavy atom. The molecule has 134 valence electrons. The smallest absolute Gasteiger partial charge is 0.252 e. The zero-order valence-electron chi connectivity index (χ0n) is 13.9. The number of hydrogen-bond donors (Lipinski definition) is 1. The van der Waals surface area contributed by atoms with Crippen LogP contribution in [0.5, 0.6) is 0 Å². The van der Waals surface area contributed by atoms with E-state index in [1.54, 1.807) is 16.3 Å². The molecule has 8 heteroatoms. The van der Waals surface area contributed by atoms with Crippen molar-refractivity contribution in [3.63, 3.8) is 0 Å². The molecule has 1 aromatic heterocycles. The molecule has 2 rings (SSSR count). The van der Waals surface area contributed by atoms with E-state index < -0.39 is 9.84 Å². The number of carbonyl (C=O) groups is 2. The van der Waals surface area contributed by atoms with Crippen molar-refractivity contribution in [3.8, 4) is 0 Å². The monoisotopic (exact) mass is 372 g/mol. The maximum Gasteiger partial charge on any atom is 0.252 e. The number of nitrogens with one attached hydrogen (secondary N) is 1. The maximum absolute atomic E-state index is 12.4. The predicted octanol–water partition coefficient (Wildman–Crippen LogP) is 1.68. The number of rotatable bonds is 8. The summed E-state index contributed by atoms with van der Waals surface area (Å²) in [4.78, 5) is 25.9. The fourth-order valence-corrected chi connectivity index (χ4v) is 5.22. The lowest BCUT2D eigenvalue weighted by Gasteiger charge is -2.28. The van der Waals surface area contributed by atoms with E-state index in [2.05, 4.69) is 5.32 Å². The normalized spacial score (nSPS) is 19.1. The Kier molecular flexibility index (Phi) is 6.79. The Morgan fingerprint density at radius 1 is 1.42 bits per heavy atom. The van der Waals surface area contributed by atoms with Gasteiger partial charge in [0.15, 0.2) is 9.84 Å². The standard InChI is InChI=1S/C16H24N2O4S2/c1-2-8-18(14-6-10-24(21,22)12-14)15(19)4-3-7-17-16(20)13-5-9-23-11-13/h5,9,11,14H,2-4,6-8,10,12H2,1H3,(H,17,20). The first-order valence-corrected chi connectivity index (χ1v) is 11.0. The lowest BCUT2D eigenvalue weighted by atomic mass is 10.1. The fourth-order valence-electron chi connectivity index (χ4n) is 2.85. The van der Waals surface area contributed by atoms with Gasteiger partial charge in [-0.25, -0.2) is 8.42 Å². The first-order chi connectivity index (χ1) is 11.4. The third-order valence-corrected chi connectivity index (χ3v) is 6.50. The highest BCUT2D eigenvalue weighted by atomic mass is 32.2. The molecule has 0 spiro atoms. The van der Waals surface area contributed by atoms with E-state index in [9.17, 15) is 18.0 Å². The molecule has 0 aliphatic carbocycles. The highest BCUT2D eigenvalue weighted by molar-refractivity contribution is 7.91. The Morgan fingerprint density at radius 3 is 2.79 bits per heavy atom. The Bertz CT molecular complexity index is 656. The van der Waals surface area contributed by atoms with Crippen molar-refractivity contribution in [1.82, 2.24) is 10.2 Å². The average Bonchev–Trinajstić information content (AvgIpc) is 3.18. The molecule has 1 aliphatic rings. The Labute approximate surface area is 147 Å². The summed E-state index contributed by atoms with van der Waals surface area (Å²) in [6.45, 7) is 2.99. The highest BCUT2D eigenvalue weighted by Gasteiger charge is 2.33. The van der Waals surface area contributed by atoms with Crippen LogP contribution in [0.1, 0.15) is 43.0 Å². The van der Waals surface area contributed by atoms with E-state index >= 15 is 0 Å². The van der Waals surface area contributed by atoms with Gasteiger partial charge in [-0.05, 0) is 30.7 Å². The number of amides is 2. The van der Waals surface area contributed by atoms with Crippen LogP contribution >= 0.6 is 11.3 Å². The quantitative estimate of drug-likeness (QED) is 0.704. The summed E-state index contributed by atoms with van der Waals surface area (Å²) in [7, 11) is -3.00. The lowest BCUT2D eigenvalue weighted by Crippen LogP contribution is -2.41. The molecule has 1 aromatic rings. The molecular formula is C16H24N2O4S2. The summed E-state index contributed by atoms with van der Waals surface area (Å²) in [5, 5.41) is 6.42. The molecule has 1 fully saturated rings. The van der Waals surface area contributed by atoms with E-state index in [4.69, 9.17) is 0 Å². The van der Waals surface area contributed by atoms with E-state index in [-0.39, 0.29) is 29.4 Å². The van der Waals surface area contributed by atoms with Crippen LogP contribution in [0, 0.1) is 0 Å². The molecule has 0 bridgehead atoms. The molecule has 1 unspecified atom stereocenters. The van der Waals surface area contributed by atoms with Crippen molar-refractivity contribution in [3.05, 3.63) is 22.4 Å². The lowest BCUT2D eigenvalue weighted by molar-refractivity contribution is -0.133. The molecule has 0 radical (unpaired) electrons.